The Balaban J connectivity index is 1.76. The van der Waals surface area contributed by atoms with Crippen LogP contribution in [-0.2, 0) is 4.79 Å². The first-order valence-electron chi connectivity index (χ1n) is 8.67. The lowest BCUT2D eigenvalue weighted by Crippen LogP contribution is -2.41. The highest BCUT2D eigenvalue weighted by Gasteiger charge is 2.27. The van der Waals surface area contributed by atoms with Gasteiger partial charge in [-0.25, -0.2) is 0 Å². The molecule has 26 heavy (non-hydrogen) atoms. The normalized spacial score (nSPS) is 14.7. The van der Waals surface area contributed by atoms with Crippen molar-refractivity contribution in [1.29, 1.82) is 0 Å². The largest absolute Gasteiger partial charge is 0.497 e. The Kier molecular flexibility index (Phi) is 5.41. The Labute approximate surface area is 152 Å². The number of methoxy groups -OCH3 is 1. The number of nitrogens with one attached hydrogen (secondary N) is 1. The highest BCUT2D eigenvalue weighted by atomic mass is 16.5. The van der Waals surface area contributed by atoms with Crippen molar-refractivity contribution in [1.82, 2.24) is 4.90 Å². The highest BCUT2D eigenvalue weighted by molar-refractivity contribution is 6.00. The number of nitrogens with zero attached hydrogens (tertiary/aromatic N) is 1. The van der Waals surface area contributed by atoms with Gasteiger partial charge in [-0.3, -0.25) is 9.59 Å². The Hall–Kier alpha value is -3.02. The van der Waals surface area contributed by atoms with E-state index in [1.165, 1.54) is 0 Å². The lowest BCUT2D eigenvalue weighted by atomic mass is 9.95. The summed E-state index contributed by atoms with van der Waals surface area (Å²) in [6.07, 6.45) is 1.24. The van der Waals surface area contributed by atoms with E-state index in [-0.39, 0.29) is 17.7 Å². The molecule has 136 valence electrons. The molecule has 1 saturated heterocycles. The molecule has 1 aliphatic heterocycles. The predicted molar refractivity (Wildman–Crippen MR) is 101 cm³/mol. The summed E-state index contributed by atoms with van der Waals surface area (Å²) in [6, 6.07) is 15.0. The van der Waals surface area contributed by atoms with Crippen LogP contribution in [0.4, 0.5) is 11.4 Å². The zero-order chi connectivity index (χ0) is 18.5. The first kappa shape index (κ1) is 17.8. The molecule has 0 radical (unpaired) electrons. The van der Waals surface area contributed by atoms with E-state index in [4.69, 9.17) is 10.5 Å². The van der Waals surface area contributed by atoms with E-state index in [1.54, 1.807) is 12.0 Å². The van der Waals surface area contributed by atoms with Crippen LogP contribution in [0.3, 0.4) is 0 Å². The number of hydrogen-bond acceptors (Lipinski definition) is 4. The number of amides is 2. The minimum Gasteiger partial charge on any atom is -0.497 e. The Morgan fingerprint density at radius 2 is 1.85 bits per heavy atom. The van der Waals surface area contributed by atoms with Gasteiger partial charge in [0.15, 0.2) is 0 Å². The summed E-state index contributed by atoms with van der Waals surface area (Å²) in [6.45, 7) is 1.08. The smallest absolute Gasteiger partial charge is 0.255 e. The second kappa shape index (κ2) is 7.91. The summed E-state index contributed by atoms with van der Waals surface area (Å²) in [4.78, 5) is 26.0. The average molecular weight is 353 g/mol. The van der Waals surface area contributed by atoms with Gasteiger partial charge >= 0.3 is 0 Å². The van der Waals surface area contributed by atoms with E-state index in [0.29, 0.717) is 31.5 Å². The van der Waals surface area contributed by atoms with E-state index >= 15 is 0 Å². The molecule has 0 bridgehead atoms. The first-order chi connectivity index (χ1) is 12.6. The van der Waals surface area contributed by atoms with Crippen molar-refractivity contribution in [2.45, 2.75) is 12.8 Å². The molecule has 0 atom stereocenters. The van der Waals surface area contributed by atoms with E-state index in [2.05, 4.69) is 5.32 Å². The van der Waals surface area contributed by atoms with Gasteiger partial charge in [-0.1, -0.05) is 18.2 Å². The van der Waals surface area contributed by atoms with Crippen molar-refractivity contribution in [3.8, 4) is 5.75 Å². The number of para-hydroxylation sites is 1. The Bertz CT molecular complexity index is 798. The molecule has 0 saturated carbocycles. The summed E-state index contributed by atoms with van der Waals surface area (Å²) in [5.41, 5.74) is 7.56. The van der Waals surface area contributed by atoms with E-state index in [1.807, 2.05) is 48.5 Å². The molecule has 3 N–H and O–H groups in total. The van der Waals surface area contributed by atoms with Crippen molar-refractivity contribution in [3.05, 3.63) is 54.1 Å². The van der Waals surface area contributed by atoms with E-state index in [9.17, 15) is 9.59 Å². The van der Waals surface area contributed by atoms with Gasteiger partial charge < -0.3 is 20.7 Å². The molecule has 0 unspecified atom stereocenters. The number of nitrogens with two attached hydrogens (primary N) is 1. The van der Waals surface area contributed by atoms with Crippen molar-refractivity contribution < 1.29 is 14.3 Å². The van der Waals surface area contributed by atoms with Gasteiger partial charge in [-0.2, -0.15) is 0 Å². The number of anilines is 2. The zero-order valence-electron chi connectivity index (χ0n) is 14.8. The highest BCUT2D eigenvalue weighted by Crippen LogP contribution is 2.26. The van der Waals surface area contributed by atoms with Crippen LogP contribution in [0.25, 0.3) is 0 Å². The van der Waals surface area contributed by atoms with Crippen LogP contribution in [0, 0.1) is 5.92 Å². The van der Waals surface area contributed by atoms with Gasteiger partial charge in [-0.15, -0.1) is 0 Å². The summed E-state index contributed by atoms with van der Waals surface area (Å²) >= 11 is 0. The number of primary amides is 1. The first-order valence-corrected chi connectivity index (χ1v) is 8.67. The number of hydrogen-bond donors (Lipinski definition) is 2. The van der Waals surface area contributed by atoms with Crippen LogP contribution < -0.4 is 15.8 Å². The summed E-state index contributed by atoms with van der Waals surface area (Å²) < 4.78 is 5.24. The molecule has 1 heterocycles. The van der Waals surface area contributed by atoms with Crippen molar-refractivity contribution in [2.24, 2.45) is 11.7 Å². The average Bonchev–Trinajstić information content (AvgIpc) is 2.68. The molecule has 2 aromatic rings. The fourth-order valence-corrected chi connectivity index (χ4v) is 3.17. The third-order valence-electron chi connectivity index (χ3n) is 4.69. The molecule has 2 amide bonds. The minimum absolute atomic E-state index is 0.0427. The summed E-state index contributed by atoms with van der Waals surface area (Å²) in [5, 5.41) is 3.29. The third kappa shape index (κ3) is 3.96. The maximum atomic E-state index is 13.0. The molecule has 0 aliphatic carbocycles. The Morgan fingerprint density at radius 3 is 2.54 bits per heavy atom. The maximum Gasteiger partial charge on any atom is 0.255 e. The predicted octanol–water partition coefficient (Wildman–Crippen LogP) is 2.78. The molecule has 0 aromatic heterocycles. The lowest BCUT2D eigenvalue weighted by molar-refractivity contribution is -0.123. The summed E-state index contributed by atoms with van der Waals surface area (Å²) in [7, 11) is 1.62. The zero-order valence-corrected chi connectivity index (χ0v) is 14.8. The van der Waals surface area contributed by atoms with Crippen molar-refractivity contribution in [3.63, 3.8) is 0 Å². The fourth-order valence-electron chi connectivity index (χ4n) is 3.17. The molecular formula is C20H23N3O3. The number of likely N-dealkylation sites (tertiary alicyclic amines) is 1. The SMILES string of the molecule is COc1cccc(Nc2ccccc2C(=O)N2CCC(C(N)=O)CC2)c1. The van der Waals surface area contributed by atoms with Gasteiger partial charge in [0.25, 0.3) is 5.91 Å². The molecule has 2 aromatic carbocycles. The topological polar surface area (TPSA) is 84.7 Å². The molecule has 6 nitrogen and oxygen atoms in total. The summed E-state index contributed by atoms with van der Waals surface area (Å²) in [5.74, 6) is 0.285. The van der Waals surface area contributed by atoms with Gasteiger partial charge in [0, 0.05) is 30.8 Å². The van der Waals surface area contributed by atoms with Gasteiger partial charge in [-0.05, 0) is 37.1 Å². The number of carbonyl (C=O) groups is 2. The van der Waals surface area contributed by atoms with Crippen molar-refractivity contribution >= 4 is 23.2 Å². The monoisotopic (exact) mass is 353 g/mol. The van der Waals surface area contributed by atoms with Gasteiger partial charge in [0.05, 0.1) is 18.4 Å². The maximum absolute atomic E-state index is 13.0. The molecule has 3 rings (SSSR count). The van der Waals surface area contributed by atoms with Crippen LogP contribution in [0.2, 0.25) is 0 Å². The standard InChI is InChI=1S/C20H23N3O3/c1-26-16-6-4-5-15(13-16)22-18-8-3-2-7-17(18)20(25)23-11-9-14(10-12-23)19(21)24/h2-8,13-14,22H,9-12H2,1H3,(H2,21,24). The minimum atomic E-state index is -0.280. The number of rotatable bonds is 5. The van der Waals surface area contributed by atoms with Crippen LogP contribution in [-0.4, -0.2) is 36.9 Å². The number of piperidine rings is 1. The lowest BCUT2D eigenvalue weighted by Gasteiger charge is -2.31. The molecule has 6 heteroatoms. The van der Waals surface area contributed by atoms with Crippen LogP contribution in [0.1, 0.15) is 23.2 Å². The molecule has 0 spiro atoms. The van der Waals surface area contributed by atoms with Crippen LogP contribution in [0.5, 0.6) is 5.75 Å². The second-order valence-electron chi connectivity index (χ2n) is 6.37. The van der Waals surface area contributed by atoms with E-state index in [0.717, 1.165) is 17.1 Å². The molecule has 1 aliphatic rings. The third-order valence-corrected chi connectivity index (χ3v) is 4.69. The van der Waals surface area contributed by atoms with Crippen molar-refractivity contribution in [2.75, 3.05) is 25.5 Å². The van der Waals surface area contributed by atoms with Crippen LogP contribution >= 0.6 is 0 Å². The number of ether oxygens (including phenoxy) is 1. The fraction of sp³-hybridized carbons (Fsp3) is 0.300. The second-order valence-corrected chi connectivity index (χ2v) is 6.37. The van der Waals surface area contributed by atoms with E-state index < -0.39 is 0 Å². The number of carbonyl (C=O) groups excluding carboxylic acids is 2. The quantitative estimate of drug-likeness (QED) is 0.866. The molecule has 1 fully saturated rings. The molecular weight excluding hydrogens is 330 g/mol. The van der Waals surface area contributed by atoms with Gasteiger partial charge in [0.1, 0.15) is 5.75 Å². The van der Waals surface area contributed by atoms with Gasteiger partial charge in [0.2, 0.25) is 5.91 Å². The number of benzene rings is 2. The van der Waals surface area contributed by atoms with Crippen LogP contribution in [0.15, 0.2) is 48.5 Å². The Morgan fingerprint density at radius 1 is 1.12 bits per heavy atom.